The molecule has 0 aliphatic heterocycles. The Kier molecular flexibility index (Phi) is 6.16. The molecule has 1 atom stereocenters. The van der Waals surface area contributed by atoms with Crippen molar-refractivity contribution in [3.05, 3.63) is 35.3 Å². The highest BCUT2D eigenvalue weighted by molar-refractivity contribution is 5.83. The molecule has 2 rings (SSSR count). The molecule has 1 aromatic heterocycles. The number of unbranched alkanes of at least 4 members (excludes halogenated alkanes) is 2. The van der Waals surface area contributed by atoms with Crippen LogP contribution in [0, 0.1) is 12.7 Å². The Bertz CT molecular complexity index is 666. The summed E-state index contributed by atoms with van der Waals surface area (Å²) in [5.74, 6) is 0.162. The van der Waals surface area contributed by atoms with Gasteiger partial charge in [-0.1, -0.05) is 19.8 Å². The molecule has 0 radical (unpaired) electrons. The van der Waals surface area contributed by atoms with Gasteiger partial charge < -0.3 is 14.5 Å². The molecule has 1 heterocycles. The number of amides is 1. The van der Waals surface area contributed by atoms with Gasteiger partial charge in [-0.3, -0.25) is 4.79 Å². The van der Waals surface area contributed by atoms with Crippen LogP contribution < -0.4 is 5.32 Å². The molecule has 126 valence electrons. The van der Waals surface area contributed by atoms with E-state index in [9.17, 15) is 9.18 Å². The Balaban J connectivity index is 1.94. The van der Waals surface area contributed by atoms with E-state index in [2.05, 4.69) is 12.2 Å². The second-order valence-electron chi connectivity index (χ2n) is 5.78. The predicted molar refractivity (Wildman–Crippen MR) is 87.8 cm³/mol. The molecule has 0 fully saturated rings. The second-order valence-corrected chi connectivity index (χ2v) is 5.78. The second kappa shape index (κ2) is 8.11. The van der Waals surface area contributed by atoms with E-state index < -0.39 is 0 Å². The first kappa shape index (κ1) is 17.5. The molecule has 0 spiro atoms. The van der Waals surface area contributed by atoms with Crippen LogP contribution in [0.25, 0.3) is 11.0 Å². The van der Waals surface area contributed by atoms with E-state index in [0.717, 1.165) is 30.2 Å². The number of nitrogens with one attached hydrogen (secondary N) is 1. The van der Waals surface area contributed by atoms with E-state index in [4.69, 9.17) is 9.15 Å². The van der Waals surface area contributed by atoms with Crippen molar-refractivity contribution >= 4 is 16.9 Å². The molecule has 0 saturated heterocycles. The molecule has 1 unspecified atom stereocenters. The average molecular weight is 321 g/mol. The Morgan fingerprint density at radius 2 is 2.17 bits per heavy atom. The van der Waals surface area contributed by atoms with Gasteiger partial charge in [-0.2, -0.15) is 0 Å². The smallest absolute Gasteiger partial charge is 0.246 e. The summed E-state index contributed by atoms with van der Waals surface area (Å²) in [6, 6.07) is 4.12. The van der Waals surface area contributed by atoms with Gasteiger partial charge >= 0.3 is 0 Å². The van der Waals surface area contributed by atoms with Gasteiger partial charge in [0.05, 0.1) is 6.04 Å². The number of carbonyl (C=O) groups is 1. The van der Waals surface area contributed by atoms with Crippen molar-refractivity contribution in [2.45, 2.75) is 46.1 Å². The number of hydrogen-bond donors (Lipinski definition) is 1. The number of rotatable bonds is 8. The summed E-state index contributed by atoms with van der Waals surface area (Å²) < 4.78 is 24.4. The summed E-state index contributed by atoms with van der Waals surface area (Å²) in [4.78, 5) is 11.9. The average Bonchev–Trinajstić information content (AvgIpc) is 2.84. The highest BCUT2D eigenvalue weighted by Gasteiger charge is 2.18. The Labute approximate surface area is 136 Å². The molecular weight excluding hydrogens is 297 g/mol. The van der Waals surface area contributed by atoms with Crippen molar-refractivity contribution in [2.75, 3.05) is 13.2 Å². The first-order chi connectivity index (χ1) is 11.0. The number of carbonyl (C=O) groups excluding carboxylic acids is 1. The van der Waals surface area contributed by atoms with Gasteiger partial charge in [-0.15, -0.1) is 0 Å². The van der Waals surface area contributed by atoms with E-state index in [-0.39, 0.29) is 24.4 Å². The standard InChI is InChI=1S/C18H24FNO3/c1-4-5-6-9-22-11-17(21)20-13(3)18-12(2)15-10-14(19)7-8-16(15)23-18/h7-8,10,13H,4-6,9,11H2,1-3H3,(H,20,21). The highest BCUT2D eigenvalue weighted by atomic mass is 19.1. The van der Waals surface area contributed by atoms with Crippen LogP contribution in [-0.4, -0.2) is 19.1 Å². The summed E-state index contributed by atoms with van der Waals surface area (Å²) in [6.45, 7) is 6.47. The molecule has 0 bridgehead atoms. The lowest BCUT2D eigenvalue weighted by atomic mass is 10.1. The summed E-state index contributed by atoms with van der Waals surface area (Å²) in [5.41, 5.74) is 1.46. The SMILES string of the molecule is CCCCCOCC(=O)NC(C)c1oc2ccc(F)cc2c1C. The summed E-state index contributed by atoms with van der Waals surface area (Å²) in [7, 11) is 0. The van der Waals surface area contributed by atoms with Crippen molar-refractivity contribution in [3.8, 4) is 0 Å². The fourth-order valence-corrected chi connectivity index (χ4v) is 2.59. The van der Waals surface area contributed by atoms with E-state index in [1.165, 1.54) is 12.1 Å². The summed E-state index contributed by atoms with van der Waals surface area (Å²) >= 11 is 0. The maximum atomic E-state index is 13.3. The minimum absolute atomic E-state index is 0.0436. The third kappa shape index (κ3) is 4.55. The quantitative estimate of drug-likeness (QED) is 0.739. The largest absolute Gasteiger partial charge is 0.459 e. The maximum Gasteiger partial charge on any atom is 0.246 e. The van der Waals surface area contributed by atoms with Gasteiger partial charge in [0.25, 0.3) is 0 Å². The van der Waals surface area contributed by atoms with E-state index in [1.807, 2.05) is 13.8 Å². The van der Waals surface area contributed by atoms with Gasteiger partial charge in [0.15, 0.2) is 0 Å². The van der Waals surface area contributed by atoms with Crippen molar-refractivity contribution < 1.29 is 18.3 Å². The molecule has 4 nitrogen and oxygen atoms in total. The van der Waals surface area contributed by atoms with Crippen LogP contribution in [0.15, 0.2) is 22.6 Å². The molecule has 1 aromatic carbocycles. The first-order valence-electron chi connectivity index (χ1n) is 8.08. The van der Waals surface area contributed by atoms with Crippen LogP contribution in [0.4, 0.5) is 4.39 Å². The molecule has 1 N–H and O–H groups in total. The fourth-order valence-electron chi connectivity index (χ4n) is 2.59. The third-order valence-electron chi connectivity index (χ3n) is 3.83. The lowest BCUT2D eigenvalue weighted by Crippen LogP contribution is -2.30. The lowest BCUT2D eigenvalue weighted by Gasteiger charge is -2.12. The van der Waals surface area contributed by atoms with Crippen LogP contribution >= 0.6 is 0 Å². The lowest BCUT2D eigenvalue weighted by molar-refractivity contribution is -0.126. The summed E-state index contributed by atoms with van der Waals surface area (Å²) in [6.07, 6.45) is 3.19. The number of hydrogen-bond acceptors (Lipinski definition) is 3. The van der Waals surface area contributed by atoms with Gasteiger partial charge in [0.2, 0.25) is 5.91 Å². The Hall–Kier alpha value is -1.88. The van der Waals surface area contributed by atoms with Crippen LogP contribution in [0.5, 0.6) is 0 Å². The zero-order chi connectivity index (χ0) is 16.8. The number of halogens is 1. The number of ether oxygens (including phenoxy) is 1. The maximum absolute atomic E-state index is 13.3. The molecule has 0 saturated carbocycles. The zero-order valence-corrected chi connectivity index (χ0v) is 13.9. The number of furan rings is 1. The van der Waals surface area contributed by atoms with Crippen molar-refractivity contribution in [1.29, 1.82) is 0 Å². The first-order valence-corrected chi connectivity index (χ1v) is 8.08. The van der Waals surface area contributed by atoms with Gasteiger partial charge in [0, 0.05) is 17.6 Å². The highest BCUT2D eigenvalue weighted by Crippen LogP contribution is 2.29. The van der Waals surface area contributed by atoms with Crippen molar-refractivity contribution in [3.63, 3.8) is 0 Å². The molecule has 1 amide bonds. The molecule has 2 aromatic rings. The normalized spacial score (nSPS) is 12.5. The van der Waals surface area contributed by atoms with Gasteiger partial charge in [-0.25, -0.2) is 4.39 Å². The van der Waals surface area contributed by atoms with Gasteiger partial charge in [0.1, 0.15) is 23.8 Å². The Morgan fingerprint density at radius 3 is 2.91 bits per heavy atom. The number of aryl methyl sites for hydroxylation is 1. The minimum atomic E-state index is -0.301. The van der Waals surface area contributed by atoms with E-state index >= 15 is 0 Å². The minimum Gasteiger partial charge on any atom is -0.459 e. The topological polar surface area (TPSA) is 51.5 Å². The number of fused-ring (bicyclic) bond motifs is 1. The van der Waals surface area contributed by atoms with E-state index in [0.29, 0.717) is 18.0 Å². The summed E-state index contributed by atoms with van der Waals surface area (Å²) in [5, 5.41) is 3.59. The Morgan fingerprint density at radius 1 is 1.39 bits per heavy atom. The van der Waals surface area contributed by atoms with Crippen LogP contribution in [-0.2, 0) is 9.53 Å². The molecule has 0 aliphatic carbocycles. The fraction of sp³-hybridized carbons (Fsp3) is 0.500. The molecule has 0 aliphatic rings. The van der Waals surface area contributed by atoms with Crippen molar-refractivity contribution in [1.82, 2.24) is 5.32 Å². The predicted octanol–water partition coefficient (Wildman–Crippen LogP) is 4.26. The third-order valence-corrected chi connectivity index (χ3v) is 3.83. The molecule has 5 heteroatoms. The van der Waals surface area contributed by atoms with E-state index in [1.54, 1.807) is 6.07 Å². The molecular formula is C18H24FNO3. The number of benzene rings is 1. The monoisotopic (exact) mass is 321 g/mol. The van der Waals surface area contributed by atoms with Gasteiger partial charge in [-0.05, 0) is 38.5 Å². The van der Waals surface area contributed by atoms with Crippen molar-refractivity contribution in [2.24, 2.45) is 0 Å². The molecule has 23 heavy (non-hydrogen) atoms. The van der Waals surface area contributed by atoms with Crippen LogP contribution in [0.1, 0.15) is 50.5 Å². The van der Waals surface area contributed by atoms with Crippen LogP contribution in [0.2, 0.25) is 0 Å². The zero-order valence-electron chi connectivity index (χ0n) is 13.9. The van der Waals surface area contributed by atoms with Crippen LogP contribution in [0.3, 0.4) is 0 Å².